The molecule has 3 rings (SSSR count). The minimum atomic E-state index is -0.200. The molecule has 1 amide bonds. The first-order valence-electron chi connectivity index (χ1n) is 7.22. The summed E-state index contributed by atoms with van der Waals surface area (Å²) in [4.78, 5) is 16.3. The van der Waals surface area contributed by atoms with Crippen molar-refractivity contribution in [1.29, 1.82) is 0 Å². The molecule has 8 heteroatoms. The van der Waals surface area contributed by atoms with E-state index in [9.17, 15) is 4.79 Å². The summed E-state index contributed by atoms with van der Waals surface area (Å²) in [6.07, 6.45) is 7.46. The molecule has 1 aliphatic rings. The summed E-state index contributed by atoms with van der Waals surface area (Å²) in [5.41, 5.74) is 2.13. The summed E-state index contributed by atoms with van der Waals surface area (Å²) in [7, 11) is 0. The van der Waals surface area contributed by atoms with E-state index < -0.39 is 0 Å². The fourth-order valence-corrected chi connectivity index (χ4v) is 2.50. The van der Waals surface area contributed by atoms with Crippen molar-refractivity contribution in [1.82, 2.24) is 20.1 Å². The van der Waals surface area contributed by atoms with E-state index in [-0.39, 0.29) is 30.7 Å². The highest BCUT2D eigenvalue weighted by Crippen LogP contribution is 2.17. The molecule has 0 aliphatic carbocycles. The predicted molar refractivity (Wildman–Crippen MR) is 94.8 cm³/mol. The Kier molecular flexibility index (Phi) is 7.48. The lowest BCUT2D eigenvalue weighted by atomic mass is 10.1. The lowest BCUT2D eigenvalue weighted by Crippen LogP contribution is -2.32. The number of piperidine rings is 1. The van der Waals surface area contributed by atoms with Crippen LogP contribution in [0.15, 0.2) is 30.7 Å². The average Bonchev–Trinajstić information content (AvgIpc) is 3.00. The number of rotatable bonds is 3. The van der Waals surface area contributed by atoms with E-state index in [0.717, 1.165) is 37.2 Å². The maximum Gasteiger partial charge on any atom is 0.276 e. The number of hydrogen-bond donors (Lipinski definition) is 2. The van der Waals surface area contributed by atoms with Gasteiger partial charge in [0.25, 0.3) is 5.91 Å². The van der Waals surface area contributed by atoms with Crippen molar-refractivity contribution < 1.29 is 4.79 Å². The van der Waals surface area contributed by atoms with Gasteiger partial charge in [-0.3, -0.25) is 14.5 Å². The summed E-state index contributed by atoms with van der Waals surface area (Å²) < 4.78 is 1.89. The number of nitrogens with one attached hydrogen (secondary N) is 2. The zero-order chi connectivity index (χ0) is 14.7. The summed E-state index contributed by atoms with van der Waals surface area (Å²) in [5, 5.41) is 10.6. The molecule has 0 aromatic carbocycles. The van der Waals surface area contributed by atoms with Crippen molar-refractivity contribution in [2.45, 2.75) is 25.8 Å². The van der Waals surface area contributed by atoms with Crippen molar-refractivity contribution in [2.24, 2.45) is 0 Å². The van der Waals surface area contributed by atoms with Crippen LogP contribution in [0.2, 0.25) is 0 Å². The molecule has 3 heterocycles. The van der Waals surface area contributed by atoms with Gasteiger partial charge in [0.2, 0.25) is 0 Å². The molecule has 1 atom stereocenters. The molecule has 2 aromatic heterocycles. The molecule has 0 bridgehead atoms. The van der Waals surface area contributed by atoms with Gasteiger partial charge in [-0.05, 0) is 44.0 Å². The van der Waals surface area contributed by atoms with Crippen LogP contribution >= 0.6 is 24.8 Å². The predicted octanol–water partition coefficient (Wildman–Crippen LogP) is 2.61. The number of amides is 1. The smallest absolute Gasteiger partial charge is 0.276 e. The van der Waals surface area contributed by atoms with E-state index in [0.29, 0.717) is 11.7 Å². The third-order valence-electron chi connectivity index (χ3n) is 3.77. The van der Waals surface area contributed by atoms with E-state index in [1.165, 1.54) is 0 Å². The van der Waals surface area contributed by atoms with Crippen LogP contribution in [0.4, 0.5) is 5.69 Å². The Morgan fingerprint density at radius 3 is 2.91 bits per heavy atom. The Bertz CT molecular complexity index is 640. The number of pyridine rings is 1. The molecule has 1 aliphatic heterocycles. The van der Waals surface area contributed by atoms with E-state index in [1.807, 2.05) is 23.9 Å². The SMILES string of the molecule is Cc1ccncc1NC(=O)c1ccn(C2CCCNC2)n1.Cl.Cl. The van der Waals surface area contributed by atoms with Crippen LogP contribution in [-0.2, 0) is 0 Å². The van der Waals surface area contributed by atoms with E-state index in [2.05, 4.69) is 20.7 Å². The third-order valence-corrected chi connectivity index (χ3v) is 3.77. The van der Waals surface area contributed by atoms with Crippen molar-refractivity contribution in [2.75, 3.05) is 18.4 Å². The van der Waals surface area contributed by atoms with Crippen molar-refractivity contribution in [3.8, 4) is 0 Å². The molecule has 2 aromatic rings. The largest absolute Gasteiger partial charge is 0.319 e. The quantitative estimate of drug-likeness (QED) is 0.885. The Labute approximate surface area is 147 Å². The molecule has 1 saturated heterocycles. The van der Waals surface area contributed by atoms with Gasteiger partial charge in [0.1, 0.15) is 0 Å². The van der Waals surface area contributed by atoms with Crippen LogP contribution in [0, 0.1) is 6.92 Å². The Morgan fingerprint density at radius 1 is 1.39 bits per heavy atom. The standard InChI is InChI=1S/C15H19N5O.2ClH/c1-11-4-7-17-10-14(11)18-15(21)13-5-8-20(19-13)12-3-2-6-16-9-12;;/h4-5,7-8,10,12,16H,2-3,6,9H2,1H3,(H,18,21);2*1H. The van der Waals surface area contributed by atoms with Gasteiger partial charge in [0.05, 0.1) is 17.9 Å². The highest BCUT2D eigenvalue weighted by molar-refractivity contribution is 6.03. The number of hydrogen-bond acceptors (Lipinski definition) is 4. The minimum absolute atomic E-state index is 0. The molecule has 0 saturated carbocycles. The van der Waals surface area contributed by atoms with Crippen molar-refractivity contribution in [3.05, 3.63) is 42.0 Å². The molecule has 6 nitrogen and oxygen atoms in total. The van der Waals surface area contributed by atoms with Gasteiger partial charge in [-0.15, -0.1) is 24.8 Å². The molecular formula is C15H21Cl2N5O. The maximum atomic E-state index is 12.2. The number of anilines is 1. The molecular weight excluding hydrogens is 337 g/mol. The van der Waals surface area contributed by atoms with Gasteiger partial charge in [0.15, 0.2) is 5.69 Å². The second-order valence-electron chi connectivity index (χ2n) is 5.33. The summed E-state index contributed by atoms with van der Waals surface area (Å²) in [6, 6.07) is 3.96. The lowest BCUT2D eigenvalue weighted by molar-refractivity contribution is 0.102. The van der Waals surface area contributed by atoms with Gasteiger partial charge < -0.3 is 10.6 Å². The summed E-state index contributed by atoms with van der Waals surface area (Å²) in [5.74, 6) is -0.200. The first-order valence-corrected chi connectivity index (χ1v) is 7.22. The second kappa shape index (κ2) is 8.86. The van der Waals surface area contributed by atoms with Crippen molar-refractivity contribution >= 4 is 36.4 Å². The zero-order valence-electron chi connectivity index (χ0n) is 12.9. The van der Waals surface area contributed by atoms with E-state index in [1.54, 1.807) is 18.5 Å². The molecule has 23 heavy (non-hydrogen) atoms. The highest BCUT2D eigenvalue weighted by Gasteiger charge is 2.18. The molecule has 2 N–H and O–H groups in total. The summed E-state index contributed by atoms with van der Waals surface area (Å²) in [6.45, 7) is 3.90. The fourth-order valence-electron chi connectivity index (χ4n) is 2.50. The van der Waals surface area contributed by atoms with Gasteiger partial charge in [-0.2, -0.15) is 5.10 Å². The van der Waals surface area contributed by atoms with Crippen LogP contribution in [0.25, 0.3) is 0 Å². The normalized spacial score (nSPS) is 16.8. The van der Waals surface area contributed by atoms with Crippen LogP contribution in [0.5, 0.6) is 0 Å². The minimum Gasteiger partial charge on any atom is -0.319 e. The number of aromatic nitrogens is 3. The van der Waals surface area contributed by atoms with E-state index >= 15 is 0 Å². The van der Waals surface area contributed by atoms with Gasteiger partial charge in [0, 0.05) is 18.9 Å². The lowest BCUT2D eigenvalue weighted by Gasteiger charge is -2.22. The Morgan fingerprint density at radius 2 is 2.22 bits per heavy atom. The van der Waals surface area contributed by atoms with Gasteiger partial charge >= 0.3 is 0 Å². The van der Waals surface area contributed by atoms with E-state index in [4.69, 9.17) is 0 Å². The van der Waals surface area contributed by atoms with Crippen molar-refractivity contribution in [3.63, 3.8) is 0 Å². The Balaban J connectivity index is 0.00000132. The molecule has 0 radical (unpaired) electrons. The van der Waals surface area contributed by atoms with Crippen LogP contribution in [0.1, 0.15) is 34.9 Å². The number of nitrogens with zero attached hydrogens (tertiary/aromatic N) is 3. The van der Waals surface area contributed by atoms with Crippen LogP contribution < -0.4 is 10.6 Å². The topological polar surface area (TPSA) is 71.8 Å². The maximum absolute atomic E-state index is 12.2. The van der Waals surface area contributed by atoms with Gasteiger partial charge in [-0.1, -0.05) is 0 Å². The first-order chi connectivity index (χ1) is 10.2. The molecule has 0 spiro atoms. The molecule has 126 valence electrons. The fraction of sp³-hybridized carbons (Fsp3) is 0.400. The summed E-state index contributed by atoms with van der Waals surface area (Å²) >= 11 is 0. The number of aryl methyl sites for hydroxylation is 1. The molecule has 1 unspecified atom stereocenters. The Hall–Kier alpha value is -1.63. The van der Waals surface area contributed by atoms with Gasteiger partial charge in [-0.25, -0.2) is 0 Å². The molecule has 1 fully saturated rings. The monoisotopic (exact) mass is 357 g/mol. The number of carbonyl (C=O) groups excluding carboxylic acids is 1. The van der Waals surface area contributed by atoms with Crippen LogP contribution in [0.3, 0.4) is 0 Å². The van der Waals surface area contributed by atoms with Crippen LogP contribution in [-0.4, -0.2) is 33.8 Å². The first kappa shape index (κ1) is 19.4. The zero-order valence-corrected chi connectivity index (χ0v) is 14.5. The third kappa shape index (κ3) is 4.67. The second-order valence-corrected chi connectivity index (χ2v) is 5.33. The average molecular weight is 358 g/mol. The highest BCUT2D eigenvalue weighted by atomic mass is 35.5. The number of halogens is 2. The number of carbonyl (C=O) groups is 1.